The van der Waals surface area contributed by atoms with E-state index in [-0.39, 0.29) is 17.4 Å². The number of aliphatic hydroxyl groups is 1. The molecule has 1 aromatic carbocycles. The van der Waals surface area contributed by atoms with Crippen LogP contribution >= 0.6 is 11.3 Å². The maximum Gasteiger partial charge on any atom is 0.295 e. The van der Waals surface area contributed by atoms with Gasteiger partial charge in [0, 0.05) is 18.0 Å². The van der Waals surface area contributed by atoms with Crippen LogP contribution in [0.3, 0.4) is 0 Å². The summed E-state index contributed by atoms with van der Waals surface area (Å²) >= 11 is 1.43. The van der Waals surface area contributed by atoms with E-state index in [1.54, 1.807) is 18.2 Å². The molecule has 7 nitrogen and oxygen atoms in total. The first-order valence-electron chi connectivity index (χ1n) is 9.71. The molecule has 1 amide bonds. The van der Waals surface area contributed by atoms with E-state index in [4.69, 9.17) is 14.2 Å². The number of nitrogens with zero attached hydrogens (tertiary/aromatic N) is 1. The summed E-state index contributed by atoms with van der Waals surface area (Å²) in [5.41, 5.74) is 0.348. The van der Waals surface area contributed by atoms with Gasteiger partial charge in [-0.15, -0.1) is 11.3 Å². The number of hydrogen-bond acceptors (Lipinski definition) is 7. The van der Waals surface area contributed by atoms with E-state index in [1.165, 1.54) is 30.5 Å². The summed E-state index contributed by atoms with van der Waals surface area (Å²) in [6.07, 6.45) is 1.65. The highest BCUT2D eigenvalue weighted by molar-refractivity contribution is 7.10. The van der Waals surface area contributed by atoms with Gasteiger partial charge < -0.3 is 24.2 Å². The van der Waals surface area contributed by atoms with Crippen LogP contribution in [0.25, 0.3) is 5.76 Å². The molecule has 4 rings (SSSR count). The Bertz CT molecular complexity index is 978. The largest absolute Gasteiger partial charge is 0.507 e. The molecule has 30 heavy (non-hydrogen) atoms. The maximum atomic E-state index is 13.0. The fraction of sp³-hybridized carbons (Fsp3) is 0.364. The van der Waals surface area contributed by atoms with Gasteiger partial charge in [-0.3, -0.25) is 9.59 Å². The molecule has 1 N–H and O–H groups in total. The average Bonchev–Trinajstić information content (AvgIpc) is 3.52. The molecule has 2 aliphatic rings. The van der Waals surface area contributed by atoms with Gasteiger partial charge in [0.1, 0.15) is 17.3 Å². The number of ketones is 1. The summed E-state index contributed by atoms with van der Waals surface area (Å²) in [5, 5.41) is 13.1. The van der Waals surface area contributed by atoms with Crippen molar-refractivity contribution in [3.8, 4) is 11.5 Å². The highest BCUT2D eigenvalue weighted by atomic mass is 32.1. The number of ether oxygens (including phenoxy) is 3. The number of likely N-dealkylation sites (tertiary alicyclic amines) is 1. The highest BCUT2D eigenvalue weighted by Crippen LogP contribution is 2.43. The summed E-state index contributed by atoms with van der Waals surface area (Å²) < 4.78 is 16.3. The number of carbonyl (C=O) groups excluding carboxylic acids is 2. The first kappa shape index (κ1) is 20.4. The molecule has 3 heterocycles. The minimum absolute atomic E-state index is 0.0481. The van der Waals surface area contributed by atoms with Gasteiger partial charge in [0.15, 0.2) is 0 Å². The van der Waals surface area contributed by atoms with E-state index in [1.807, 2.05) is 17.5 Å². The molecule has 2 aromatic rings. The number of methoxy groups -OCH3 is 2. The molecule has 0 spiro atoms. The maximum absolute atomic E-state index is 13.0. The van der Waals surface area contributed by atoms with E-state index >= 15 is 0 Å². The lowest BCUT2D eigenvalue weighted by atomic mass is 9.99. The van der Waals surface area contributed by atoms with Gasteiger partial charge in [-0.05, 0) is 42.5 Å². The molecule has 2 fully saturated rings. The van der Waals surface area contributed by atoms with Crippen LogP contribution in [0.5, 0.6) is 11.5 Å². The van der Waals surface area contributed by atoms with Crippen LogP contribution in [-0.2, 0) is 14.3 Å². The molecular formula is C22H23NO6S. The molecule has 2 atom stereocenters. The van der Waals surface area contributed by atoms with Crippen molar-refractivity contribution in [2.75, 3.05) is 27.4 Å². The highest BCUT2D eigenvalue weighted by Gasteiger charge is 2.47. The molecule has 8 heteroatoms. The van der Waals surface area contributed by atoms with Gasteiger partial charge in [-0.25, -0.2) is 0 Å². The predicted octanol–water partition coefficient (Wildman–Crippen LogP) is 3.37. The molecule has 0 saturated carbocycles. The van der Waals surface area contributed by atoms with Gasteiger partial charge >= 0.3 is 0 Å². The summed E-state index contributed by atoms with van der Waals surface area (Å²) in [4.78, 5) is 28.3. The van der Waals surface area contributed by atoms with Crippen molar-refractivity contribution >= 4 is 28.8 Å². The molecule has 2 unspecified atom stereocenters. The van der Waals surface area contributed by atoms with Gasteiger partial charge in [0.25, 0.3) is 11.7 Å². The van der Waals surface area contributed by atoms with Crippen molar-refractivity contribution in [1.82, 2.24) is 4.90 Å². The second kappa shape index (κ2) is 8.49. The number of thiophene rings is 1. The van der Waals surface area contributed by atoms with Crippen molar-refractivity contribution in [2.45, 2.75) is 25.0 Å². The van der Waals surface area contributed by atoms with Gasteiger partial charge in [0.2, 0.25) is 0 Å². The Labute approximate surface area is 178 Å². The predicted molar refractivity (Wildman–Crippen MR) is 112 cm³/mol. The smallest absolute Gasteiger partial charge is 0.295 e. The standard InChI is InChI=1S/C22H23NO6S/c1-27-13-7-8-16(28-2)15(11-13)20(24)18-19(17-6-4-10-30-17)23(22(26)21(18)25)12-14-5-3-9-29-14/h4,6-8,10-11,14,19,24H,3,5,9,12H2,1-2H3/b20-18-. The van der Waals surface area contributed by atoms with Crippen molar-refractivity contribution in [1.29, 1.82) is 0 Å². The van der Waals surface area contributed by atoms with Crippen molar-refractivity contribution < 1.29 is 28.9 Å². The van der Waals surface area contributed by atoms with Crippen LogP contribution in [0, 0.1) is 0 Å². The molecular weight excluding hydrogens is 406 g/mol. The first-order valence-corrected chi connectivity index (χ1v) is 10.6. The molecule has 2 aliphatic heterocycles. The van der Waals surface area contributed by atoms with Crippen LogP contribution in [0.2, 0.25) is 0 Å². The van der Waals surface area contributed by atoms with Crippen molar-refractivity contribution in [3.63, 3.8) is 0 Å². The zero-order valence-electron chi connectivity index (χ0n) is 16.8. The molecule has 158 valence electrons. The molecule has 2 saturated heterocycles. The van der Waals surface area contributed by atoms with Crippen LogP contribution in [-0.4, -0.2) is 55.2 Å². The summed E-state index contributed by atoms with van der Waals surface area (Å²) in [5.74, 6) is -0.749. The second-order valence-corrected chi connectivity index (χ2v) is 8.15. The Hall–Kier alpha value is -2.84. The van der Waals surface area contributed by atoms with Gasteiger partial charge in [-0.1, -0.05) is 6.07 Å². The minimum atomic E-state index is -0.714. The third kappa shape index (κ3) is 3.57. The number of hydrogen-bond donors (Lipinski definition) is 1. The molecule has 0 radical (unpaired) electrons. The lowest BCUT2D eigenvalue weighted by Crippen LogP contribution is -2.36. The number of aliphatic hydroxyl groups excluding tert-OH is 1. The van der Waals surface area contributed by atoms with Gasteiger partial charge in [-0.2, -0.15) is 0 Å². The van der Waals surface area contributed by atoms with Crippen molar-refractivity contribution in [3.05, 3.63) is 51.7 Å². The summed E-state index contributed by atoms with van der Waals surface area (Å²) in [6, 6.07) is 7.98. The first-order chi connectivity index (χ1) is 14.5. The monoisotopic (exact) mass is 429 g/mol. The van der Waals surface area contributed by atoms with Gasteiger partial charge in [0.05, 0.1) is 37.5 Å². The number of rotatable bonds is 6. The lowest BCUT2D eigenvalue weighted by Gasteiger charge is -2.26. The Morgan fingerprint density at radius 2 is 2.10 bits per heavy atom. The number of amides is 1. The zero-order valence-corrected chi connectivity index (χ0v) is 17.6. The van der Waals surface area contributed by atoms with Crippen LogP contribution in [0.15, 0.2) is 41.3 Å². The lowest BCUT2D eigenvalue weighted by molar-refractivity contribution is -0.140. The van der Waals surface area contributed by atoms with Crippen LogP contribution < -0.4 is 9.47 Å². The van der Waals surface area contributed by atoms with Crippen molar-refractivity contribution in [2.24, 2.45) is 0 Å². The molecule has 1 aromatic heterocycles. The summed E-state index contributed by atoms with van der Waals surface area (Å²) in [6.45, 7) is 0.957. The zero-order chi connectivity index (χ0) is 21.3. The Balaban J connectivity index is 1.84. The van der Waals surface area contributed by atoms with E-state index in [0.717, 1.165) is 17.7 Å². The van der Waals surface area contributed by atoms with E-state index in [2.05, 4.69) is 0 Å². The van der Waals surface area contributed by atoms with E-state index < -0.39 is 17.7 Å². The normalized spacial score (nSPS) is 23.2. The fourth-order valence-corrected chi connectivity index (χ4v) is 4.81. The Kier molecular flexibility index (Phi) is 5.78. The SMILES string of the molecule is COc1ccc(OC)c(/C(O)=C2/C(=O)C(=O)N(CC3CCCO3)C2c2cccs2)c1. The quantitative estimate of drug-likeness (QED) is 0.431. The third-order valence-corrected chi connectivity index (χ3v) is 6.36. The number of Topliss-reactive ketones (excluding diaryl/α,β-unsaturated/α-hetero) is 1. The fourth-order valence-electron chi connectivity index (χ4n) is 3.96. The molecule has 0 bridgehead atoms. The Morgan fingerprint density at radius 3 is 2.73 bits per heavy atom. The van der Waals surface area contributed by atoms with Crippen LogP contribution in [0.1, 0.15) is 29.3 Å². The second-order valence-electron chi connectivity index (χ2n) is 7.17. The topological polar surface area (TPSA) is 85.3 Å². The minimum Gasteiger partial charge on any atom is -0.507 e. The number of carbonyl (C=O) groups is 2. The third-order valence-electron chi connectivity index (χ3n) is 5.44. The van der Waals surface area contributed by atoms with E-state index in [0.29, 0.717) is 30.2 Å². The average molecular weight is 429 g/mol. The molecule has 0 aliphatic carbocycles. The summed E-state index contributed by atoms with van der Waals surface area (Å²) in [7, 11) is 2.99. The van der Waals surface area contributed by atoms with E-state index in [9.17, 15) is 14.7 Å². The van der Waals surface area contributed by atoms with Crippen LogP contribution in [0.4, 0.5) is 0 Å². The Morgan fingerprint density at radius 1 is 1.27 bits per heavy atom. The number of benzene rings is 1.